The number of rotatable bonds is 6. The zero-order valence-electron chi connectivity index (χ0n) is 16.1. The van der Waals surface area contributed by atoms with Crippen molar-refractivity contribution in [3.63, 3.8) is 0 Å². The van der Waals surface area contributed by atoms with Gasteiger partial charge in [-0.1, -0.05) is 18.2 Å². The largest absolute Gasteiger partial charge is 0.363 e. The normalized spacial score (nSPS) is 10.7. The van der Waals surface area contributed by atoms with E-state index < -0.39 is 0 Å². The van der Waals surface area contributed by atoms with Crippen molar-refractivity contribution < 1.29 is 4.39 Å². The zero-order valence-corrected chi connectivity index (χ0v) is 16.1. The van der Waals surface area contributed by atoms with Crippen LogP contribution < -0.4 is 10.6 Å². The van der Waals surface area contributed by atoms with Crippen LogP contribution in [0.4, 0.5) is 16.2 Å². The molecule has 29 heavy (non-hydrogen) atoms. The number of halogens is 1. The number of hydrogen-bond acceptors (Lipinski definition) is 6. The number of pyridine rings is 1. The Bertz CT molecular complexity index is 1130. The highest BCUT2D eigenvalue weighted by Gasteiger charge is 2.15. The number of imidazole rings is 1. The van der Waals surface area contributed by atoms with Gasteiger partial charge in [-0.25, -0.2) is 14.4 Å². The number of aromatic nitrogens is 5. The van der Waals surface area contributed by atoms with Gasteiger partial charge in [0.15, 0.2) is 0 Å². The summed E-state index contributed by atoms with van der Waals surface area (Å²) in [6.45, 7) is 2.32. The molecule has 0 atom stereocenters. The summed E-state index contributed by atoms with van der Waals surface area (Å²) in [6, 6.07) is 13.9. The summed E-state index contributed by atoms with van der Waals surface area (Å²) in [5.74, 6) is 1.60. The minimum atomic E-state index is -0.312. The Labute approximate surface area is 167 Å². The monoisotopic (exact) mass is 389 g/mol. The lowest BCUT2D eigenvalue weighted by atomic mass is 10.1. The minimum absolute atomic E-state index is 0.312. The van der Waals surface area contributed by atoms with Gasteiger partial charge < -0.3 is 15.6 Å². The van der Waals surface area contributed by atoms with Crippen LogP contribution in [-0.4, -0.2) is 32.0 Å². The molecule has 7 nitrogen and oxygen atoms in total. The molecule has 3 heterocycles. The second kappa shape index (κ2) is 8.05. The zero-order chi connectivity index (χ0) is 20.2. The van der Waals surface area contributed by atoms with E-state index in [4.69, 9.17) is 4.98 Å². The van der Waals surface area contributed by atoms with Crippen molar-refractivity contribution in [1.82, 2.24) is 24.9 Å². The van der Waals surface area contributed by atoms with Gasteiger partial charge in [0.2, 0.25) is 5.95 Å². The van der Waals surface area contributed by atoms with E-state index in [-0.39, 0.29) is 5.82 Å². The molecule has 0 aliphatic carbocycles. The fourth-order valence-electron chi connectivity index (χ4n) is 2.99. The maximum atomic E-state index is 13.8. The quantitative estimate of drug-likeness (QED) is 0.461. The highest BCUT2D eigenvalue weighted by Crippen LogP contribution is 2.29. The van der Waals surface area contributed by atoms with Crippen molar-refractivity contribution in [1.29, 1.82) is 0 Å². The van der Waals surface area contributed by atoms with Crippen LogP contribution >= 0.6 is 0 Å². The molecular formula is C21H20FN7. The lowest BCUT2D eigenvalue weighted by Crippen LogP contribution is -2.06. The molecule has 0 aliphatic heterocycles. The lowest BCUT2D eigenvalue weighted by molar-refractivity contribution is 0.628. The summed E-state index contributed by atoms with van der Waals surface area (Å²) < 4.78 is 13.8. The average molecular weight is 389 g/mol. The van der Waals surface area contributed by atoms with Gasteiger partial charge in [0.05, 0.1) is 23.6 Å². The Morgan fingerprint density at radius 1 is 1.03 bits per heavy atom. The molecule has 0 bridgehead atoms. The number of nitrogens with one attached hydrogen (secondary N) is 3. The van der Waals surface area contributed by atoms with Crippen LogP contribution in [0, 0.1) is 12.7 Å². The molecule has 0 amide bonds. The highest BCUT2D eigenvalue weighted by molar-refractivity contribution is 5.76. The van der Waals surface area contributed by atoms with E-state index in [9.17, 15) is 4.39 Å². The van der Waals surface area contributed by atoms with Gasteiger partial charge in [0, 0.05) is 30.6 Å². The number of nitrogens with zero attached hydrogens (tertiary/aromatic N) is 4. The van der Waals surface area contributed by atoms with Crippen molar-refractivity contribution in [3.8, 4) is 22.6 Å². The smallest absolute Gasteiger partial charge is 0.224 e. The third-order valence-electron chi connectivity index (χ3n) is 4.29. The highest BCUT2D eigenvalue weighted by atomic mass is 19.1. The van der Waals surface area contributed by atoms with Crippen molar-refractivity contribution in [2.75, 3.05) is 17.7 Å². The lowest BCUT2D eigenvalue weighted by Gasteiger charge is -2.06. The Hall–Kier alpha value is -3.81. The first-order chi connectivity index (χ1) is 14.1. The van der Waals surface area contributed by atoms with Crippen molar-refractivity contribution in [2.24, 2.45) is 0 Å². The molecule has 0 unspecified atom stereocenters. The number of aryl methyl sites for hydroxylation is 1. The van der Waals surface area contributed by atoms with Crippen molar-refractivity contribution in [3.05, 3.63) is 72.1 Å². The second-order valence-corrected chi connectivity index (χ2v) is 6.45. The number of H-pyrrole nitrogens is 1. The summed E-state index contributed by atoms with van der Waals surface area (Å²) in [7, 11) is 1.77. The molecule has 3 N–H and O–H groups in total. The van der Waals surface area contributed by atoms with E-state index in [1.54, 1.807) is 19.3 Å². The topological polar surface area (TPSA) is 91.4 Å². The first-order valence-electron chi connectivity index (χ1n) is 9.16. The summed E-state index contributed by atoms with van der Waals surface area (Å²) >= 11 is 0. The second-order valence-electron chi connectivity index (χ2n) is 6.45. The molecule has 0 fully saturated rings. The molecule has 0 saturated heterocycles. The van der Waals surface area contributed by atoms with E-state index in [1.165, 1.54) is 12.1 Å². The third kappa shape index (κ3) is 4.21. The van der Waals surface area contributed by atoms with Crippen LogP contribution in [0.25, 0.3) is 22.6 Å². The fourth-order valence-corrected chi connectivity index (χ4v) is 2.99. The van der Waals surface area contributed by atoms with E-state index >= 15 is 0 Å². The van der Waals surface area contributed by atoms with Gasteiger partial charge in [0.1, 0.15) is 17.5 Å². The molecule has 1 aromatic carbocycles. The van der Waals surface area contributed by atoms with Crippen LogP contribution in [-0.2, 0) is 6.54 Å². The van der Waals surface area contributed by atoms with Crippen LogP contribution in [0.1, 0.15) is 11.5 Å². The van der Waals surface area contributed by atoms with Crippen molar-refractivity contribution in [2.45, 2.75) is 13.5 Å². The molecule has 0 aliphatic rings. The summed E-state index contributed by atoms with van der Waals surface area (Å²) in [6.07, 6.45) is 1.71. The SMILES string of the molecule is CNc1nc(C)cc(NCc2nc(-c3cccc(F)c3)c(-c3ccccn3)[nH]2)n1. The van der Waals surface area contributed by atoms with Crippen molar-refractivity contribution >= 4 is 11.8 Å². The van der Waals surface area contributed by atoms with Gasteiger partial charge in [-0.2, -0.15) is 4.98 Å². The summed E-state index contributed by atoms with van der Waals surface area (Å²) in [5, 5.41) is 6.19. The fraction of sp³-hybridized carbons (Fsp3) is 0.143. The molecule has 0 saturated carbocycles. The van der Waals surface area contributed by atoms with E-state index in [2.05, 4.69) is 30.6 Å². The molecule has 0 spiro atoms. The van der Waals surface area contributed by atoms with E-state index in [0.717, 1.165) is 17.1 Å². The molecular weight excluding hydrogens is 369 g/mol. The number of benzene rings is 1. The Balaban J connectivity index is 1.67. The first-order valence-corrected chi connectivity index (χ1v) is 9.16. The molecule has 8 heteroatoms. The predicted molar refractivity (Wildman–Crippen MR) is 111 cm³/mol. The van der Waals surface area contributed by atoms with Crippen LogP contribution in [0.2, 0.25) is 0 Å². The molecule has 146 valence electrons. The molecule has 0 radical (unpaired) electrons. The van der Waals surface area contributed by atoms with Gasteiger partial charge in [-0.15, -0.1) is 0 Å². The number of hydrogen-bond donors (Lipinski definition) is 3. The van der Waals surface area contributed by atoms with E-state index in [1.807, 2.05) is 37.3 Å². The number of aromatic amines is 1. The third-order valence-corrected chi connectivity index (χ3v) is 4.29. The minimum Gasteiger partial charge on any atom is -0.363 e. The average Bonchev–Trinajstić information content (AvgIpc) is 3.17. The standard InChI is InChI=1S/C21H20FN7/c1-13-10-17(29-21(23-2)26-13)25-12-18-27-19(14-6-5-7-15(22)11-14)20(28-18)16-8-3-4-9-24-16/h3-11H,12H2,1-2H3,(H,27,28)(H2,23,25,26,29). The van der Waals surface area contributed by atoms with Gasteiger partial charge in [-0.05, 0) is 31.2 Å². The van der Waals surface area contributed by atoms with Gasteiger partial charge in [0.25, 0.3) is 0 Å². The van der Waals surface area contributed by atoms with E-state index in [0.29, 0.717) is 35.4 Å². The van der Waals surface area contributed by atoms with Crippen LogP contribution in [0.3, 0.4) is 0 Å². The van der Waals surface area contributed by atoms with Gasteiger partial charge >= 0.3 is 0 Å². The molecule has 4 rings (SSSR count). The summed E-state index contributed by atoms with van der Waals surface area (Å²) in [5.41, 5.74) is 3.66. The molecule has 4 aromatic rings. The van der Waals surface area contributed by atoms with Crippen LogP contribution in [0.5, 0.6) is 0 Å². The Kier molecular flexibility index (Phi) is 5.15. The first kappa shape index (κ1) is 18.5. The maximum absolute atomic E-state index is 13.8. The Morgan fingerprint density at radius 2 is 1.93 bits per heavy atom. The Morgan fingerprint density at radius 3 is 2.69 bits per heavy atom. The van der Waals surface area contributed by atoms with Gasteiger partial charge in [-0.3, -0.25) is 4.98 Å². The predicted octanol–water partition coefficient (Wildman–Crippen LogP) is 4.03. The summed E-state index contributed by atoms with van der Waals surface area (Å²) in [4.78, 5) is 21.1. The maximum Gasteiger partial charge on any atom is 0.224 e. The van der Waals surface area contributed by atoms with Crippen LogP contribution in [0.15, 0.2) is 54.7 Å². The number of anilines is 2. The molecule has 3 aromatic heterocycles.